The highest BCUT2D eigenvalue weighted by Crippen LogP contribution is 2.13. The number of carboxylic acid groups (broad SMARTS) is 1. The van der Waals surface area contributed by atoms with Gasteiger partial charge in [-0.2, -0.15) is 0 Å². The molecule has 0 spiro atoms. The van der Waals surface area contributed by atoms with E-state index >= 15 is 0 Å². The maximum Gasteiger partial charge on any atom is 0.332 e. The molecule has 4 atom stereocenters. The van der Waals surface area contributed by atoms with Gasteiger partial charge in [-0.05, 0) is 6.92 Å². The van der Waals surface area contributed by atoms with E-state index in [1.165, 1.54) is 6.92 Å². The fourth-order valence-electron chi connectivity index (χ4n) is 1.02. The Labute approximate surface area is 97.6 Å². The molecule has 0 aromatic rings. The Morgan fingerprint density at radius 3 is 2.35 bits per heavy atom. The molecular formula is C9H17NO7. The Kier molecular flexibility index (Phi) is 6.51. The van der Waals surface area contributed by atoms with Crippen LogP contribution in [0.3, 0.4) is 0 Å². The summed E-state index contributed by atoms with van der Waals surface area (Å²) in [6.45, 7) is 0.430. The molecule has 0 fully saturated rings. The second kappa shape index (κ2) is 7.07. The van der Waals surface area contributed by atoms with Crippen molar-refractivity contribution in [2.75, 3.05) is 6.61 Å². The van der Waals surface area contributed by atoms with E-state index in [9.17, 15) is 15.0 Å². The molecular weight excluding hydrogens is 234 g/mol. The molecule has 0 unspecified atom stereocenters. The van der Waals surface area contributed by atoms with Crippen LogP contribution in [0.15, 0.2) is 12.0 Å². The van der Waals surface area contributed by atoms with Crippen molar-refractivity contribution in [3.8, 4) is 0 Å². The van der Waals surface area contributed by atoms with Crippen LogP contribution in [0.5, 0.6) is 0 Å². The van der Waals surface area contributed by atoms with Crippen LogP contribution in [-0.4, -0.2) is 62.5 Å². The molecule has 0 aliphatic heterocycles. The van der Waals surface area contributed by atoms with Crippen LogP contribution in [0.2, 0.25) is 0 Å². The van der Waals surface area contributed by atoms with Gasteiger partial charge in [0.2, 0.25) is 0 Å². The van der Waals surface area contributed by atoms with Crippen LogP contribution < -0.4 is 5.73 Å². The number of aliphatic hydroxyl groups excluding tert-OH is 4. The Hall–Kier alpha value is -1.35. The zero-order valence-electron chi connectivity index (χ0n) is 9.22. The van der Waals surface area contributed by atoms with Gasteiger partial charge in [0.1, 0.15) is 24.6 Å². The third kappa shape index (κ3) is 4.57. The number of aliphatic carboxylic acids is 1. The van der Waals surface area contributed by atoms with E-state index in [0.29, 0.717) is 6.26 Å². The lowest BCUT2D eigenvalue weighted by Gasteiger charge is -2.27. The number of nitrogens with two attached hydrogens (primary N) is 1. The highest BCUT2D eigenvalue weighted by molar-refractivity contribution is 5.71. The van der Waals surface area contributed by atoms with Crippen molar-refractivity contribution < 1.29 is 35.1 Å². The van der Waals surface area contributed by atoms with Crippen molar-refractivity contribution in [3.63, 3.8) is 0 Å². The quantitative estimate of drug-likeness (QED) is 0.282. The summed E-state index contributed by atoms with van der Waals surface area (Å²) in [5.41, 5.74) is 4.94. The highest BCUT2D eigenvalue weighted by atomic mass is 16.5. The van der Waals surface area contributed by atoms with E-state index in [2.05, 4.69) is 0 Å². The maximum absolute atomic E-state index is 10.6. The summed E-state index contributed by atoms with van der Waals surface area (Å²) in [5.74, 6) is -1.30. The van der Waals surface area contributed by atoms with Crippen LogP contribution in [0.4, 0.5) is 0 Å². The molecule has 8 heteroatoms. The molecule has 0 heterocycles. The van der Waals surface area contributed by atoms with Crippen molar-refractivity contribution in [2.24, 2.45) is 5.73 Å². The predicted octanol–water partition coefficient (Wildman–Crippen LogP) is -2.08. The van der Waals surface area contributed by atoms with E-state index in [-0.39, 0.29) is 5.70 Å². The fourth-order valence-corrected chi connectivity index (χ4v) is 1.02. The van der Waals surface area contributed by atoms with Crippen molar-refractivity contribution in [1.82, 2.24) is 0 Å². The third-order valence-corrected chi connectivity index (χ3v) is 2.07. The summed E-state index contributed by atoms with van der Waals surface area (Å²) in [7, 11) is 0. The van der Waals surface area contributed by atoms with Gasteiger partial charge in [0.15, 0.2) is 6.10 Å². The first kappa shape index (κ1) is 15.7. The zero-order chi connectivity index (χ0) is 13.6. The molecule has 0 aliphatic rings. The zero-order valence-corrected chi connectivity index (χ0v) is 9.22. The molecule has 0 aromatic carbocycles. The molecule has 0 aliphatic carbocycles. The van der Waals surface area contributed by atoms with Gasteiger partial charge in [-0.25, -0.2) is 4.79 Å². The standard InChI is InChI=1S/C9H17NO7/c1-4(9(15)16)17-8(5(10)2-11)7(14)6(13)3-12/h2,4,6-8,11-14H,3,10H2,1H3,(H,15,16)/b5-2-/t4-,6+,7+,8+/m0/s1. The Morgan fingerprint density at radius 1 is 1.47 bits per heavy atom. The summed E-state index contributed by atoms with van der Waals surface area (Å²) >= 11 is 0. The molecule has 0 amide bonds. The molecule has 0 aromatic heterocycles. The van der Waals surface area contributed by atoms with Gasteiger partial charge in [-0.1, -0.05) is 0 Å². The summed E-state index contributed by atoms with van der Waals surface area (Å²) in [6, 6.07) is 0. The Balaban J connectivity index is 4.83. The summed E-state index contributed by atoms with van der Waals surface area (Å²) in [6.07, 6.45) is -5.55. The van der Waals surface area contributed by atoms with Crippen LogP contribution in [0, 0.1) is 0 Å². The second-order valence-corrected chi connectivity index (χ2v) is 3.41. The fraction of sp³-hybridized carbons (Fsp3) is 0.667. The molecule has 0 rings (SSSR count). The predicted molar refractivity (Wildman–Crippen MR) is 56.0 cm³/mol. The molecule has 0 saturated carbocycles. The average molecular weight is 251 g/mol. The topological polar surface area (TPSA) is 153 Å². The summed E-state index contributed by atoms with van der Waals surface area (Å²) in [5, 5.41) is 44.7. The van der Waals surface area contributed by atoms with Crippen molar-refractivity contribution in [1.29, 1.82) is 0 Å². The molecule has 100 valence electrons. The lowest BCUT2D eigenvalue weighted by atomic mass is 10.1. The lowest BCUT2D eigenvalue weighted by Crippen LogP contribution is -2.46. The van der Waals surface area contributed by atoms with E-state index in [1.807, 2.05) is 0 Å². The minimum Gasteiger partial charge on any atom is -0.514 e. The van der Waals surface area contributed by atoms with Crippen LogP contribution in [0.1, 0.15) is 6.92 Å². The number of aliphatic hydroxyl groups is 4. The smallest absolute Gasteiger partial charge is 0.332 e. The van der Waals surface area contributed by atoms with Gasteiger partial charge in [0, 0.05) is 0 Å². The minimum absolute atomic E-state index is 0.363. The SMILES string of the molecule is C[C@H](O[C@H](/C(N)=C/O)[C@H](O)[C@H](O)CO)C(=O)O. The van der Waals surface area contributed by atoms with Gasteiger partial charge < -0.3 is 36.0 Å². The first-order valence-corrected chi connectivity index (χ1v) is 4.80. The summed E-state index contributed by atoms with van der Waals surface area (Å²) < 4.78 is 4.88. The van der Waals surface area contributed by atoms with Crippen LogP contribution >= 0.6 is 0 Å². The molecule has 0 bridgehead atoms. The van der Waals surface area contributed by atoms with Crippen LogP contribution in [0.25, 0.3) is 0 Å². The monoisotopic (exact) mass is 251 g/mol. The van der Waals surface area contributed by atoms with E-state index in [0.717, 1.165) is 0 Å². The molecule has 8 nitrogen and oxygen atoms in total. The van der Waals surface area contributed by atoms with Crippen molar-refractivity contribution >= 4 is 5.97 Å². The number of ether oxygens (including phenoxy) is 1. The molecule has 17 heavy (non-hydrogen) atoms. The second-order valence-electron chi connectivity index (χ2n) is 3.41. The maximum atomic E-state index is 10.6. The van der Waals surface area contributed by atoms with E-state index in [4.69, 9.17) is 25.8 Å². The molecule has 0 radical (unpaired) electrons. The Morgan fingerprint density at radius 2 is 2.00 bits per heavy atom. The first-order valence-electron chi connectivity index (χ1n) is 4.80. The van der Waals surface area contributed by atoms with Gasteiger partial charge in [-0.15, -0.1) is 0 Å². The van der Waals surface area contributed by atoms with Gasteiger partial charge >= 0.3 is 5.97 Å². The molecule has 7 N–H and O–H groups in total. The van der Waals surface area contributed by atoms with E-state index < -0.39 is 37.0 Å². The number of carboxylic acids is 1. The van der Waals surface area contributed by atoms with Gasteiger partial charge in [0.25, 0.3) is 0 Å². The third-order valence-electron chi connectivity index (χ3n) is 2.07. The van der Waals surface area contributed by atoms with Gasteiger partial charge in [-0.3, -0.25) is 0 Å². The summed E-state index contributed by atoms with van der Waals surface area (Å²) in [4.78, 5) is 10.6. The average Bonchev–Trinajstić information content (AvgIpc) is 2.32. The van der Waals surface area contributed by atoms with Gasteiger partial charge in [0.05, 0.1) is 12.3 Å². The van der Waals surface area contributed by atoms with Crippen molar-refractivity contribution in [2.45, 2.75) is 31.3 Å². The first-order chi connectivity index (χ1) is 7.84. The van der Waals surface area contributed by atoms with E-state index in [1.54, 1.807) is 0 Å². The largest absolute Gasteiger partial charge is 0.514 e. The lowest BCUT2D eigenvalue weighted by molar-refractivity contribution is -0.159. The Bertz CT molecular complexity index is 281. The van der Waals surface area contributed by atoms with Crippen molar-refractivity contribution in [3.05, 3.63) is 12.0 Å². The number of carbonyl (C=O) groups is 1. The number of hydrogen-bond acceptors (Lipinski definition) is 7. The number of hydrogen-bond donors (Lipinski definition) is 6. The minimum atomic E-state index is -1.66. The number of rotatable bonds is 7. The normalized spacial score (nSPS) is 19.4. The highest BCUT2D eigenvalue weighted by Gasteiger charge is 2.32. The van der Waals surface area contributed by atoms with Crippen LogP contribution in [-0.2, 0) is 9.53 Å². The molecule has 0 saturated heterocycles.